The summed E-state index contributed by atoms with van der Waals surface area (Å²) in [6.45, 7) is 9.27. The van der Waals surface area contributed by atoms with E-state index in [-0.39, 0.29) is 12.1 Å². The number of nitrogens with one attached hydrogen (secondary N) is 1. The summed E-state index contributed by atoms with van der Waals surface area (Å²) >= 11 is 0. The number of hydrogen-bond donors (Lipinski definition) is 1. The van der Waals surface area contributed by atoms with Crippen LogP contribution in [0.15, 0.2) is 72.9 Å². The number of amides is 2. The Balaban J connectivity index is 1.58. The zero-order valence-corrected chi connectivity index (χ0v) is 21.6. The van der Waals surface area contributed by atoms with Crippen LogP contribution in [0.2, 0.25) is 0 Å². The zero-order valence-electron chi connectivity index (χ0n) is 21.6. The van der Waals surface area contributed by atoms with E-state index < -0.39 is 0 Å². The highest BCUT2D eigenvalue weighted by molar-refractivity contribution is 5.91. The van der Waals surface area contributed by atoms with Crippen LogP contribution in [-0.2, 0) is 6.54 Å². The summed E-state index contributed by atoms with van der Waals surface area (Å²) in [5, 5.41) is 3.36. The molecule has 2 aromatic carbocycles. The first-order valence-corrected chi connectivity index (χ1v) is 13.1. The van der Waals surface area contributed by atoms with Gasteiger partial charge in [-0.1, -0.05) is 82.3 Å². The van der Waals surface area contributed by atoms with Crippen molar-refractivity contribution in [1.82, 2.24) is 9.88 Å². The van der Waals surface area contributed by atoms with Crippen LogP contribution >= 0.6 is 0 Å². The van der Waals surface area contributed by atoms with Gasteiger partial charge in [-0.25, -0.2) is 4.79 Å². The number of carbonyl (C=O) groups excluding carboxylic acids is 1. The highest BCUT2D eigenvalue weighted by atomic mass is 16.2. The van der Waals surface area contributed by atoms with E-state index in [1.807, 2.05) is 29.3 Å². The lowest BCUT2D eigenvalue weighted by atomic mass is 9.81. The van der Waals surface area contributed by atoms with Gasteiger partial charge in [-0.2, -0.15) is 0 Å². The van der Waals surface area contributed by atoms with E-state index in [1.54, 1.807) is 0 Å². The van der Waals surface area contributed by atoms with Crippen LogP contribution in [-0.4, -0.2) is 22.0 Å². The van der Waals surface area contributed by atoms with Crippen molar-refractivity contribution in [3.63, 3.8) is 0 Å². The monoisotopic (exact) mass is 469 g/mol. The fraction of sp³-hybridized carbons (Fsp3) is 0.419. The molecular formula is C31H39N3O. The molecule has 0 radical (unpaired) electrons. The van der Waals surface area contributed by atoms with Crippen LogP contribution in [0, 0.1) is 0 Å². The molecule has 1 aliphatic carbocycles. The quantitative estimate of drug-likeness (QED) is 0.380. The molecule has 4 heteroatoms. The number of anilines is 1. The number of benzene rings is 2. The normalized spacial score (nSPS) is 18.0. The fourth-order valence-corrected chi connectivity index (χ4v) is 5.35. The van der Waals surface area contributed by atoms with E-state index in [0.717, 1.165) is 37.1 Å². The van der Waals surface area contributed by atoms with E-state index in [9.17, 15) is 4.79 Å². The van der Waals surface area contributed by atoms with Crippen molar-refractivity contribution in [2.45, 2.75) is 83.7 Å². The molecule has 1 saturated carbocycles. The van der Waals surface area contributed by atoms with Gasteiger partial charge in [-0.3, -0.25) is 4.98 Å². The summed E-state index contributed by atoms with van der Waals surface area (Å²) in [7, 11) is 0. The molecule has 0 saturated heterocycles. The summed E-state index contributed by atoms with van der Waals surface area (Å²) in [5.74, 6) is 1.23. The van der Waals surface area contributed by atoms with Crippen LogP contribution in [0.25, 0.3) is 0 Å². The van der Waals surface area contributed by atoms with Gasteiger partial charge in [0.2, 0.25) is 0 Å². The third kappa shape index (κ3) is 6.11. The van der Waals surface area contributed by atoms with Gasteiger partial charge in [-0.05, 0) is 72.3 Å². The molecule has 1 aromatic heterocycles. The second-order valence-corrected chi connectivity index (χ2v) is 10.4. The van der Waals surface area contributed by atoms with Crippen molar-refractivity contribution in [2.75, 3.05) is 5.32 Å². The van der Waals surface area contributed by atoms with Crippen molar-refractivity contribution in [3.05, 3.63) is 95.3 Å². The van der Waals surface area contributed by atoms with E-state index in [0.29, 0.717) is 24.3 Å². The highest BCUT2D eigenvalue weighted by Crippen LogP contribution is 2.36. The van der Waals surface area contributed by atoms with Gasteiger partial charge in [0.05, 0.1) is 12.2 Å². The van der Waals surface area contributed by atoms with Gasteiger partial charge >= 0.3 is 6.03 Å². The van der Waals surface area contributed by atoms with Crippen LogP contribution in [0.5, 0.6) is 0 Å². The molecule has 2 amide bonds. The minimum Gasteiger partial charge on any atom is -0.316 e. The van der Waals surface area contributed by atoms with Crippen LogP contribution in [0.4, 0.5) is 10.5 Å². The predicted octanol–water partition coefficient (Wildman–Crippen LogP) is 8.09. The number of pyridine rings is 1. The summed E-state index contributed by atoms with van der Waals surface area (Å²) < 4.78 is 0. The first kappa shape index (κ1) is 25.0. The van der Waals surface area contributed by atoms with Crippen molar-refractivity contribution in [3.8, 4) is 0 Å². The minimum atomic E-state index is -0.0196. The summed E-state index contributed by atoms with van der Waals surface area (Å²) in [5.41, 5.74) is 5.70. The van der Waals surface area contributed by atoms with Gasteiger partial charge in [0.25, 0.3) is 0 Å². The Kier molecular flexibility index (Phi) is 8.22. The third-order valence-corrected chi connectivity index (χ3v) is 7.33. The average molecular weight is 470 g/mol. The SMILES string of the molecule is CC(C)c1cccc(C(C)C)c1NC(=O)N(Cc1ccccn1)C1CCC(c2ccccc2)CC1. The smallest absolute Gasteiger partial charge is 0.316 e. The van der Waals surface area contributed by atoms with Crippen LogP contribution in [0.1, 0.15) is 93.5 Å². The van der Waals surface area contributed by atoms with Crippen LogP contribution in [0.3, 0.4) is 0 Å². The maximum Gasteiger partial charge on any atom is 0.322 e. The molecule has 4 nitrogen and oxygen atoms in total. The van der Waals surface area contributed by atoms with E-state index in [4.69, 9.17) is 0 Å². The van der Waals surface area contributed by atoms with Gasteiger partial charge in [0.15, 0.2) is 0 Å². The van der Waals surface area contributed by atoms with Gasteiger partial charge in [0, 0.05) is 17.9 Å². The number of nitrogens with zero attached hydrogens (tertiary/aromatic N) is 2. The number of rotatable bonds is 7. The molecule has 3 aromatic rings. The molecule has 1 fully saturated rings. The lowest BCUT2D eigenvalue weighted by molar-refractivity contribution is 0.157. The average Bonchev–Trinajstić information content (AvgIpc) is 2.88. The molecule has 0 unspecified atom stereocenters. The van der Waals surface area contributed by atoms with E-state index in [2.05, 4.69) is 86.5 Å². The minimum absolute atomic E-state index is 0.0196. The first-order chi connectivity index (χ1) is 16.9. The van der Waals surface area contributed by atoms with Crippen molar-refractivity contribution in [2.24, 2.45) is 0 Å². The number of carbonyl (C=O) groups is 1. The zero-order chi connectivity index (χ0) is 24.8. The lowest BCUT2D eigenvalue weighted by Gasteiger charge is -2.37. The van der Waals surface area contributed by atoms with Gasteiger partial charge in [-0.15, -0.1) is 0 Å². The molecule has 35 heavy (non-hydrogen) atoms. The molecule has 0 bridgehead atoms. The maximum atomic E-state index is 13.9. The molecule has 0 aliphatic heterocycles. The first-order valence-electron chi connectivity index (χ1n) is 13.1. The molecular weight excluding hydrogens is 430 g/mol. The molecule has 1 heterocycles. The molecule has 0 spiro atoms. The fourth-order valence-electron chi connectivity index (χ4n) is 5.35. The maximum absolute atomic E-state index is 13.9. The molecule has 1 N–H and O–H groups in total. The second kappa shape index (κ2) is 11.5. The largest absolute Gasteiger partial charge is 0.322 e. The van der Waals surface area contributed by atoms with Crippen LogP contribution < -0.4 is 5.32 Å². The summed E-state index contributed by atoms with van der Waals surface area (Å²) in [4.78, 5) is 20.5. The van der Waals surface area contributed by atoms with Crippen molar-refractivity contribution < 1.29 is 4.79 Å². The topological polar surface area (TPSA) is 45.2 Å². The highest BCUT2D eigenvalue weighted by Gasteiger charge is 2.30. The Morgan fingerprint density at radius 2 is 1.49 bits per heavy atom. The Hall–Kier alpha value is -3.14. The number of hydrogen-bond acceptors (Lipinski definition) is 2. The standard InChI is InChI=1S/C31H39N3O/c1-22(2)28-14-10-15-29(23(3)4)30(28)33-31(35)34(21-26-13-8-9-20-32-26)27-18-16-25(17-19-27)24-11-6-5-7-12-24/h5-15,20,22-23,25,27H,16-19,21H2,1-4H3,(H,33,35). The summed E-state index contributed by atoms with van der Waals surface area (Å²) in [6.07, 6.45) is 6.01. The van der Waals surface area contributed by atoms with Crippen molar-refractivity contribution in [1.29, 1.82) is 0 Å². The van der Waals surface area contributed by atoms with Gasteiger partial charge in [0.1, 0.15) is 0 Å². The predicted molar refractivity (Wildman–Crippen MR) is 145 cm³/mol. The Morgan fingerprint density at radius 1 is 0.857 bits per heavy atom. The lowest BCUT2D eigenvalue weighted by Crippen LogP contribution is -2.44. The molecule has 4 rings (SSSR count). The Bertz CT molecular complexity index is 1060. The van der Waals surface area contributed by atoms with E-state index >= 15 is 0 Å². The van der Waals surface area contributed by atoms with Gasteiger partial charge < -0.3 is 10.2 Å². The number of urea groups is 1. The molecule has 184 valence electrons. The Morgan fingerprint density at radius 3 is 2.06 bits per heavy atom. The number of para-hydroxylation sites is 1. The third-order valence-electron chi connectivity index (χ3n) is 7.33. The summed E-state index contributed by atoms with van der Waals surface area (Å²) in [6, 6.07) is 23.3. The van der Waals surface area contributed by atoms with E-state index in [1.165, 1.54) is 16.7 Å². The second-order valence-electron chi connectivity index (χ2n) is 10.4. The molecule has 1 aliphatic rings. The number of aromatic nitrogens is 1. The molecule has 0 atom stereocenters. The Labute approximate surface area is 210 Å². The van der Waals surface area contributed by atoms with Crippen molar-refractivity contribution >= 4 is 11.7 Å².